The van der Waals surface area contributed by atoms with E-state index in [-0.39, 0.29) is 23.7 Å². The Kier molecular flexibility index (Phi) is 6.25. The molecule has 6 nitrogen and oxygen atoms in total. The third-order valence-corrected chi connectivity index (χ3v) is 5.55. The number of nitrogens with zero attached hydrogens (tertiary/aromatic N) is 2. The number of ether oxygens (including phenoxy) is 2. The number of benzene rings is 2. The van der Waals surface area contributed by atoms with Gasteiger partial charge in [-0.2, -0.15) is 0 Å². The number of likely N-dealkylation sites (tertiary alicyclic amines) is 1. The molecule has 0 aliphatic carbocycles. The molecule has 0 N–H and O–H groups in total. The highest BCUT2D eigenvalue weighted by Crippen LogP contribution is 2.28. The minimum Gasteiger partial charge on any atom is -0.490 e. The second-order valence-corrected chi connectivity index (χ2v) is 7.83. The molecule has 2 fully saturated rings. The molecule has 9 heteroatoms. The molecule has 2 aliphatic heterocycles. The highest BCUT2D eigenvalue weighted by Gasteiger charge is 2.31. The Balaban J connectivity index is 1.34. The monoisotopic (exact) mass is 448 g/mol. The molecule has 0 aromatic heterocycles. The number of carbonyl (C=O) groups excluding carboxylic acids is 2. The summed E-state index contributed by atoms with van der Waals surface area (Å²) in [5, 5.41) is 0. The number of rotatable bonds is 5. The molecule has 0 spiro atoms. The van der Waals surface area contributed by atoms with Gasteiger partial charge in [-0.15, -0.1) is 13.2 Å². The van der Waals surface area contributed by atoms with Crippen LogP contribution in [-0.2, 0) is 4.79 Å². The molecule has 0 atom stereocenters. The van der Waals surface area contributed by atoms with Crippen molar-refractivity contribution in [3.63, 3.8) is 0 Å². The summed E-state index contributed by atoms with van der Waals surface area (Å²) in [6.07, 6.45) is -2.52. The maximum atomic E-state index is 12.9. The average molecular weight is 448 g/mol. The fourth-order valence-corrected chi connectivity index (χ4v) is 4.02. The van der Waals surface area contributed by atoms with Crippen molar-refractivity contribution >= 4 is 17.5 Å². The standard InChI is InChI=1S/C23H23F3N2O4/c24-23(25,26)32-20-7-2-6-19(15-20)31-18-9-12-27(13-10-18)22(30)16-4-1-5-17(14-16)28-11-3-8-21(28)29/h1-2,4-7,14-15,18H,3,8-13H2. The van der Waals surface area contributed by atoms with Gasteiger partial charge in [0.1, 0.15) is 17.6 Å². The quantitative estimate of drug-likeness (QED) is 0.681. The summed E-state index contributed by atoms with van der Waals surface area (Å²) in [7, 11) is 0. The number of hydrogen-bond acceptors (Lipinski definition) is 4. The van der Waals surface area contributed by atoms with E-state index in [9.17, 15) is 22.8 Å². The summed E-state index contributed by atoms with van der Waals surface area (Å²) in [5.41, 5.74) is 1.26. The maximum Gasteiger partial charge on any atom is 0.573 e. The molecule has 0 bridgehead atoms. The van der Waals surface area contributed by atoms with E-state index in [0.29, 0.717) is 50.2 Å². The van der Waals surface area contributed by atoms with E-state index in [4.69, 9.17) is 4.74 Å². The van der Waals surface area contributed by atoms with Crippen LogP contribution < -0.4 is 14.4 Å². The van der Waals surface area contributed by atoms with Crippen molar-refractivity contribution in [1.82, 2.24) is 4.90 Å². The van der Waals surface area contributed by atoms with Crippen LogP contribution in [-0.4, -0.2) is 48.8 Å². The van der Waals surface area contributed by atoms with Crippen molar-refractivity contribution in [2.45, 2.75) is 38.1 Å². The van der Waals surface area contributed by atoms with Gasteiger partial charge in [0, 0.05) is 56.2 Å². The Morgan fingerprint density at radius 3 is 2.38 bits per heavy atom. The van der Waals surface area contributed by atoms with Crippen LogP contribution in [0.5, 0.6) is 11.5 Å². The van der Waals surface area contributed by atoms with Crippen molar-refractivity contribution in [3.05, 3.63) is 54.1 Å². The largest absolute Gasteiger partial charge is 0.573 e. The van der Waals surface area contributed by atoms with E-state index in [1.165, 1.54) is 18.2 Å². The van der Waals surface area contributed by atoms with Gasteiger partial charge in [-0.05, 0) is 36.8 Å². The zero-order valence-corrected chi connectivity index (χ0v) is 17.3. The van der Waals surface area contributed by atoms with Crippen LogP contribution in [0.3, 0.4) is 0 Å². The lowest BCUT2D eigenvalue weighted by molar-refractivity contribution is -0.274. The predicted octanol–water partition coefficient (Wildman–Crippen LogP) is 4.40. The molecular weight excluding hydrogens is 425 g/mol. The molecule has 2 saturated heterocycles. The van der Waals surface area contributed by atoms with Crippen LogP contribution in [0.2, 0.25) is 0 Å². The van der Waals surface area contributed by atoms with Gasteiger partial charge in [0.2, 0.25) is 5.91 Å². The summed E-state index contributed by atoms with van der Waals surface area (Å²) in [6.45, 7) is 1.60. The molecule has 2 aromatic carbocycles. The molecule has 4 rings (SSSR count). The summed E-state index contributed by atoms with van der Waals surface area (Å²) >= 11 is 0. The number of amides is 2. The highest BCUT2D eigenvalue weighted by atomic mass is 19.4. The number of halogens is 3. The lowest BCUT2D eigenvalue weighted by Crippen LogP contribution is -2.41. The fraction of sp³-hybridized carbons (Fsp3) is 0.391. The molecule has 0 unspecified atom stereocenters. The first kappa shape index (κ1) is 22.0. The Labute approximate surface area is 183 Å². The molecule has 2 aromatic rings. The van der Waals surface area contributed by atoms with Crippen LogP contribution in [0.4, 0.5) is 18.9 Å². The van der Waals surface area contributed by atoms with Crippen molar-refractivity contribution in [2.75, 3.05) is 24.5 Å². The Hall–Kier alpha value is -3.23. The van der Waals surface area contributed by atoms with Crippen LogP contribution in [0.25, 0.3) is 0 Å². The minimum absolute atomic E-state index is 0.0669. The Bertz CT molecular complexity index is 987. The zero-order chi connectivity index (χ0) is 22.7. The first-order chi connectivity index (χ1) is 15.3. The third kappa shape index (κ3) is 5.33. The van der Waals surface area contributed by atoms with Crippen LogP contribution in [0, 0.1) is 0 Å². The number of anilines is 1. The number of piperidine rings is 1. The van der Waals surface area contributed by atoms with E-state index in [2.05, 4.69) is 4.74 Å². The van der Waals surface area contributed by atoms with Gasteiger partial charge in [0.05, 0.1) is 0 Å². The first-order valence-corrected chi connectivity index (χ1v) is 10.5. The third-order valence-electron chi connectivity index (χ3n) is 5.55. The summed E-state index contributed by atoms with van der Waals surface area (Å²) in [6, 6.07) is 12.5. The first-order valence-electron chi connectivity index (χ1n) is 10.5. The van der Waals surface area contributed by atoms with Gasteiger partial charge in [-0.25, -0.2) is 0 Å². The summed E-state index contributed by atoms with van der Waals surface area (Å²) in [5.74, 6) is -0.0896. The van der Waals surface area contributed by atoms with Crippen molar-refractivity contribution in [1.29, 1.82) is 0 Å². The molecule has 0 saturated carbocycles. The molecule has 2 aliphatic rings. The van der Waals surface area contributed by atoms with Crippen molar-refractivity contribution < 1.29 is 32.2 Å². The van der Waals surface area contributed by atoms with E-state index in [1.807, 2.05) is 6.07 Å². The van der Waals surface area contributed by atoms with Crippen LogP contribution >= 0.6 is 0 Å². The second-order valence-electron chi connectivity index (χ2n) is 7.83. The smallest absolute Gasteiger partial charge is 0.490 e. The van der Waals surface area contributed by atoms with Gasteiger partial charge in [0.15, 0.2) is 0 Å². The Morgan fingerprint density at radius 1 is 0.969 bits per heavy atom. The predicted molar refractivity (Wildman–Crippen MR) is 111 cm³/mol. The topological polar surface area (TPSA) is 59.1 Å². The summed E-state index contributed by atoms with van der Waals surface area (Å²) in [4.78, 5) is 28.4. The molecule has 0 radical (unpaired) electrons. The zero-order valence-electron chi connectivity index (χ0n) is 17.3. The number of carbonyl (C=O) groups is 2. The number of alkyl halides is 3. The van der Waals surface area contributed by atoms with E-state index in [1.54, 1.807) is 34.1 Å². The molecule has 2 heterocycles. The van der Waals surface area contributed by atoms with E-state index in [0.717, 1.165) is 12.1 Å². The SMILES string of the molecule is O=C(c1cccc(N2CCCC2=O)c1)N1CCC(Oc2cccc(OC(F)(F)F)c2)CC1. The molecule has 32 heavy (non-hydrogen) atoms. The van der Waals surface area contributed by atoms with Gasteiger partial charge >= 0.3 is 6.36 Å². The van der Waals surface area contributed by atoms with Gasteiger partial charge in [-0.3, -0.25) is 9.59 Å². The highest BCUT2D eigenvalue weighted by molar-refractivity contribution is 5.99. The van der Waals surface area contributed by atoms with Gasteiger partial charge in [-0.1, -0.05) is 12.1 Å². The fourth-order valence-electron chi connectivity index (χ4n) is 4.02. The van der Waals surface area contributed by atoms with Gasteiger partial charge in [0.25, 0.3) is 5.91 Å². The van der Waals surface area contributed by atoms with E-state index < -0.39 is 6.36 Å². The van der Waals surface area contributed by atoms with Crippen molar-refractivity contribution in [3.8, 4) is 11.5 Å². The summed E-state index contributed by atoms with van der Waals surface area (Å²) < 4.78 is 46.9. The Morgan fingerprint density at radius 2 is 1.69 bits per heavy atom. The maximum absolute atomic E-state index is 12.9. The van der Waals surface area contributed by atoms with Gasteiger partial charge < -0.3 is 19.3 Å². The molecule has 170 valence electrons. The molecular formula is C23H23F3N2O4. The second kappa shape index (κ2) is 9.10. The van der Waals surface area contributed by atoms with E-state index >= 15 is 0 Å². The molecule has 2 amide bonds. The normalized spacial score (nSPS) is 17.5. The average Bonchev–Trinajstić information content (AvgIpc) is 3.19. The minimum atomic E-state index is -4.76. The van der Waals surface area contributed by atoms with Crippen LogP contribution in [0.15, 0.2) is 48.5 Å². The van der Waals surface area contributed by atoms with Crippen LogP contribution in [0.1, 0.15) is 36.0 Å². The lowest BCUT2D eigenvalue weighted by atomic mass is 10.1. The van der Waals surface area contributed by atoms with Crippen molar-refractivity contribution in [2.24, 2.45) is 0 Å². The number of hydrogen-bond donors (Lipinski definition) is 0. The lowest BCUT2D eigenvalue weighted by Gasteiger charge is -2.32.